The second kappa shape index (κ2) is 4.61. The summed E-state index contributed by atoms with van der Waals surface area (Å²) in [6, 6.07) is 11.8. The summed E-state index contributed by atoms with van der Waals surface area (Å²) >= 11 is 0. The topological polar surface area (TPSA) is 30.0 Å². The number of fused-ring (bicyclic) bond motifs is 2. The summed E-state index contributed by atoms with van der Waals surface area (Å²) in [5, 5.41) is 0. The van der Waals surface area contributed by atoms with Gasteiger partial charge in [-0.3, -0.25) is 9.78 Å². The van der Waals surface area contributed by atoms with Crippen molar-refractivity contribution in [1.82, 2.24) is 4.98 Å². The van der Waals surface area contributed by atoms with Gasteiger partial charge in [0.15, 0.2) is 5.78 Å². The molecule has 0 amide bonds. The Bertz CT molecular complexity index is 643. The van der Waals surface area contributed by atoms with E-state index >= 15 is 0 Å². The van der Waals surface area contributed by atoms with Gasteiger partial charge >= 0.3 is 0 Å². The van der Waals surface area contributed by atoms with Crippen LogP contribution in [-0.4, -0.2) is 10.8 Å². The smallest absolute Gasteiger partial charge is 0.195 e. The second-order valence-corrected chi connectivity index (χ2v) is 5.37. The van der Waals surface area contributed by atoms with Gasteiger partial charge < -0.3 is 0 Å². The maximum absolute atomic E-state index is 12.6. The summed E-state index contributed by atoms with van der Waals surface area (Å²) in [4.78, 5) is 17.3. The quantitative estimate of drug-likeness (QED) is 0.776. The van der Waals surface area contributed by atoms with Crippen LogP contribution in [0.25, 0.3) is 0 Å². The van der Waals surface area contributed by atoms with Crippen molar-refractivity contribution in [3.05, 3.63) is 64.5 Å². The summed E-state index contributed by atoms with van der Waals surface area (Å²) in [7, 11) is 0. The number of nitrogens with zero attached hydrogens (tertiary/aromatic N) is 1. The monoisotopic (exact) mass is 251 g/mol. The molecule has 96 valence electrons. The van der Waals surface area contributed by atoms with Gasteiger partial charge in [0.2, 0.25) is 0 Å². The van der Waals surface area contributed by atoms with E-state index in [0.29, 0.717) is 5.92 Å². The molecule has 0 fully saturated rings. The highest BCUT2D eigenvalue weighted by atomic mass is 16.1. The molecule has 0 unspecified atom stereocenters. The van der Waals surface area contributed by atoms with Crippen molar-refractivity contribution in [2.75, 3.05) is 0 Å². The zero-order valence-electron chi connectivity index (χ0n) is 11.3. The summed E-state index contributed by atoms with van der Waals surface area (Å²) in [6.45, 7) is 4.25. The summed E-state index contributed by atoms with van der Waals surface area (Å²) in [5.74, 6) is 0.511. The number of ketones is 1. The first-order chi connectivity index (χ1) is 9.16. The Morgan fingerprint density at radius 2 is 1.79 bits per heavy atom. The molecule has 1 heterocycles. The Kier molecular flexibility index (Phi) is 2.94. The van der Waals surface area contributed by atoms with Crippen molar-refractivity contribution in [3.8, 4) is 0 Å². The first-order valence-electron chi connectivity index (χ1n) is 6.79. The van der Waals surface area contributed by atoms with E-state index in [2.05, 4.69) is 18.8 Å². The number of benzene rings is 1. The SMILES string of the molecule is CC(C)c1ccc2c(n1)CCc1ccccc1C2=O. The van der Waals surface area contributed by atoms with Crippen LogP contribution >= 0.6 is 0 Å². The minimum atomic E-state index is 0.117. The average Bonchev–Trinajstić information content (AvgIpc) is 2.57. The van der Waals surface area contributed by atoms with Crippen molar-refractivity contribution in [2.24, 2.45) is 0 Å². The number of aryl methyl sites for hydroxylation is 2. The third kappa shape index (κ3) is 2.07. The van der Waals surface area contributed by atoms with Crippen molar-refractivity contribution in [3.63, 3.8) is 0 Å². The molecule has 0 aliphatic heterocycles. The van der Waals surface area contributed by atoms with E-state index in [9.17, 15) is 4.79 Å². The Labute approximate surface area is 113 Å². The molecule has 0 N–H and O–H groups in total. The third-order valence-corrected chi connectivity index (χ3v) is 3.73. The van der Waals surface area contributed by atoms with Gasteiger partial charge in [-0.15, -0.1) is 0 Å². The lowest BCUT2D eigenvalue weighted by Crippen LogP contribution is -2.07. The van der Waals surface area contributed by atoms with E-state index in [1.54, 1.807) is 0 Å². The van der Waals surface area contributed by atoms with Crippen molar-refractivity contribution in [2.45, 2.75) is 32.6 Å². The lowest BCUT2D eigenvalue weighted by molar-refractivity contribution is 0.103. The molecule has 19 heavy (non-hydrogen) atoms. The Morgan fingerprint density at radius 3 is 2.58 bits per heavy atom. The predicted molar refractivity (Wildman–Crippen MR) is 75.6 cm³/mol. The molecule has 2 nitrogen and oxygen atoms in total. The number of hydrogen-bond acceptors (Lipinski definition) is 2. The zero-order chi connectivity index (χ0) is 13.4. The predicted octanol–water partition coefficient (Wildman–Crippen LogP) is 3.53. The average molecular weight is 251 g/mol. The molecule has 2 heteroatoms. The van der Waals surface area contributed by atoms with E-state index in [4.69, 9.17) is 0 Å². The zero-order valence-corrected chi connectivity index (χ0v) is 11.3. The van der Waals surface area contributed by atoms with Crippen molar-refractivity contribution in [1.29, 1.82) is 0 Å². The molecule has 3 rings (SSSR count). The first-order valence-corrected chi connectivity index (χ1v) is 6.79. The van der Waals surface area contributed by atoms with Crippen molar-refractivity contribution < 1.29 is 4.79 Å². The number of carbonyl (C=O) groups is 1. The highest BCUT2D eigenvalue weighted by Gasteiger charge is 2.22. The molecule has 0 saturated heterocycles. The van der Waals surface area contributed by atoms with E-state index in [1.165, 1.54) is 0 Å². The number of pyridine rings is 1. The normalized spacial score (nSPS) is 13.9. The first kappa shape index (κ1) is 12.1. The van der Waals surface area contributed by atoms with Gasteiger partial charge in [0, 0.05) is 16.8 Å². The summed E-state index contributed by atoms with van der Waals surface area (Å²) in [6.07, 6.45) is 1.74. The maximum atomic E-state index is 12.6. The molecule has 1 aromatic heterocycles. The molecule has 2 aromatic rings. The van der Waals surface area contributed by atoms with Crippen LogP contribution in [-0.2, 0) is 12.8 Å². The highest BCUT2D eigenvalue weighted by molar-refractivity contribution is 6.11. The number of rotatable bonds is 1. The van der Waals surface area contributed by atoms with Gasteiger partial charge in [-0.25, -0.2) is 0 Å². The van der Waals surface area contributed by atoms with Crippen LogP contribution in [0.3, 0.4) is 0 Å². The van der Waals surface area contributed by atoms with Crippen LogP contribution in [0.5, 0.6) is 0 Å². The molecule has 0 radical (unpaired) electrons. The van der Waals surface area contributed by atoms with Crippen molar-refractivity contribution >= 4 is 5.78 Å². The van der Waals surface area contributed by atoms with Crippen LogP contribution in [0.2, 0.25) is 0 Å². The van der Waals surface area contributed by atoms with Gasteiger partial charge in [0.05, 0.1) is 5.69 Å². The van der Waals surface area contributed by atoms with Gasteiger partial charge in [-0.05, 0) is 36.5 Å². The number of aromatic nitrogens is 1. The molecular weight excluding hydrogens is 234 g/mol. The van der Waals surface area contributed by atoms with Crippen LogP contribution in [0.1, 0.15) is 52.6 Å². The van der Waals surface area contributed by atoms with E-state index < -0.39 is 0 Å². The van der Waals surface area contributed by atoms with E-state index in [-0.39, 0.29) is 5.78 Å². The van der Waals surface area contributed by atoms with E-state index in [0.717, 1.165) is 40.9 Å². The number of carbonyl (C=O) groups excluding carboxylic acids is 1. The molecular formula is C17H17NO. The molecule has 0 atom stereocenters. The lowest BCUT2D eigenvalue weighted by atomic mass is 9.99. The minimum absolute atomic E-state index is 0.117. The fourth-order valence-corrected chi connectivity index (χ4v) is 2.60. The summed E-state index contributed by atoms with van der Waals surface area (Å²) < 4.78 is 0. The minimum Gasteiger partial charge on any atom is -0.289 e. The Hall–Kier alpha value is -1.96. The Balaban J connectivity index is 2.12. The molecule has 0 bridgehead atoms. The van der Waals surface area contributed by atoms with Gasteiger partial charge in [-0.2, -0.15) is 0 Å². The standard InChI is InChI=1S/C17H17NO/c1-11(2)15-10-8-14-16(18-15)9-7-12-5-3-4-6-13(12)17(14)19/h3-6,8,10-11H,7,9H2,1-2H3. The summed E-state index contributed by atoms with van der Waals surface area (Å²) in [5.41, 5.74) is 4.76. The van der Waals surface area contributed by atoms with Gasteiger partial charge in [0.25, 0.3) is 0 Å². The van der Waals surface area contributed by atoms with Crippen LogP contribution in [0, 0.1) is 0 Å². The fourth-order valence-electron chi connectivity index (χ4n) is 2.60. The lowest BCUT2D eigenvalue weighted by Gasteiger charge is -2.09. The van der Waals surface area contributed by atoms with Crippen LogP contribution in [0.4, 0.5) is 0 Å². The Morgan fingerprint density at radius 1 is 1.00 bits per heavy atom. The molecule has 0 spiro atoms. The number of hydrogen-bond donors (Lipinski definition) is 0. The van der Waals surface area contributed by atoms with Crippen LogP contribution < -0.4 is 0 Å². The largest absolute Gasteiger partial charge is 0.289 e. The third-order valence-electron chi connectivity index (χ3n) is 3.73. The van der Waals surface area contributed by atoms with Gasteiger partial charge in [0.1, 0.15) is 0 Å². The molecule has 0 saturated carbocycles. The van der Waals surface area contributed by atoms with Crippen LogP contribution in [0.15, 0.2) is 36.4 Å². The second-order valence-electron chi connectivity index (χ2n) is 5.37. The van der Waals surface area contributed by atoms with Gasteiger partial charge in [-0.1, -0.05) is 38.1 Å². The van der Waals surface area contributed by atoms with E-state index in [1.807, 2.05) is 36.4 Å². The molecule has 1 aromatic carbocycles. The molecule has 1 aliphatic carbocycles. The highest BCUT2D eigenvalue weighted by Crippen LogP contribution is 2.25. The maximum Gasteiger partial charge on any atom is 0.195 e. The fraction of sp³-hybridized carbons (Fsp3) is 0.294. The molecule has 1 aliphatic rings.